The van der Waals surface area contributed by atoms with Gasteiger partial charge in [-0.3, -0.25) is 0 Å². The van der Waals surface area contributed by atoms with Crippen molar-refractivity contribution in [2.75, 3.05) is 0 Å². The Morgan fingerprint density at radius 1 is 1.00 bits per heavy atom. The Morgan fingerprint density at radius 3 is 2.19 bits per heavy atom. The van der Waals surface area contributed by atoms with Gasteiger partial charge in [-0.1, -0.05) is 0 Å². The molecule has 0 aliphatic carbocycles. The third-order valence-electron chi connectivity index (χ3n) is 3.45. The summed E-state index contributed by atoms with van der Waals surface area (Å²) in [6.45, 7) is 2.19. The summed E-state index contributed by atoms with van der Waals surface area (Å²) in [6, 6.07) is 1.67. The van der Waals surface area contributed by atoms with Crippen LogP contribution in [0.25, 0.3) is 5.78 Å². The maximum Gasteiger partial charge on any atom is 0.378 e. The second-order valence-corrected chi connectivity index (χ2v) is 5.31. The van der Waals surface area contributed by atoms with Crippen molar-refractivity contribution in [3.05, 3.63) is 57.9 Å². The van der Waals surface area contributed by atoms with E-state index in [1.807, 2.05) is 0 Å². The van der Waals surface area contributed by atoms with Crippen LogP contribution in [0.5, 0.6) is 0 Å². The van der Waals surface area contributed by atoms with E-state index in [0.717, 1.165) is 0 Å². The SMILES string of the molecule is Cc1cc(C)n2nc(C(=O)OCc3c(F)c(F)c(F)c(F)c3F)nc2n1. The zero-order valence-electron chi connectivity index (χ0n) is 13.3. The monoisotopic (exact) mass is 372 g/mol. The molecule has 136 valence electrons. The first-order valence-electron chi connectivity index (χ1n) is 7.09. The molecule has 2 heterocycles. The third-order valence-corrected chi connectivity index (χ3v) is 3.45. The Bertz CT molecular complexity index is 1020. The van der Waals surface area contributed by atoms with Crippen LogP contribution in [0.4, 0.5) is 22.0 Å². The number of ether oxygens (including phenoxy) is 1. The second kappa shape index (κ2) is 6.32. The molecule has 0 bridgehead atoms. The van der Waals surface area contributed by atoms with E-state index in [-0.39, 0.29) is 5.78 Å². The van der Waals surface area contributed by atoms with Crippen molar-refractivity contribution in [2.24, 2.45) is 0 Å². The van der Waals surface area contributed by atoms with Crippen LogP contribution in [0.1, 0.15) is 27.6 Å². The predicted molar refractivity (Wildman–Crippen MR) is 75.6 cm³/mol. The normalized spacial score (nSPS) is 11.2. The first-order chi connectivity index (χ1) is 12.2. The van der Waals surface area contributed by atoms with E-state index in [9.17, 15) is 26.7 Å². The summed E-state index contributed by atoms with van der Waals surface area (Å²) < 4.78 is 72.2. The van der Waals surface area contributed by atoms with Crippen molar-refractivity contribution in [2.45, 2.75) is 20.5 Å². The summed E-state index contributed by atoms with van der Waals surface area (Å²) in [7, 11) is 0. The Morgan fingerprint density at radius 2 is 1.58 bits per heavy atom. The Balaban J connectivity index is 1.87. The van der Waals surface area contributed by atoms with Crippen molar-refractivity contribution >= 4 is 11.7 Å². The summed E-state index contributed by atoms with van der Waals surface area (Å²) in [5.41, 5.74) is -0.0498. The molecule has 3 aromatic rings. The molecule has 2 aromatic heterocycles. The van der Waals surface area contributed by atoms with Crippen molar-refractivity contribution in [3.8, 4) is 0 Å². The number of aromatic nitrogens is 4. The van der Waals surface area contributed by atoms with Crippen LogP contribution < -0.4 is 0 Å². The van der Waals surface area contributed by atoms with Crippen LogP contribution in [0.15, 0.2) is 6.07 Å². The van der Waals surface area contributed by atoms with E-state index in [0.29, 0.717) is 11.4 Å². The lowest BCUT2D eigenvalue weighted by Gasteiger charge is -2.08. The smallest absolute Gasteiger partial charge is 0.378 e. The first kappa shape index (κ1) is 17.7. The molecule has 1 aromatic carbocycles. The highest BCUT2D eigenvalue weighted by molar-refractivity contribution is 5.85. The molecular weight excluding hydrogens is 363 g/mol. The Labute approximate surface area is 142 Å². The van der Waals surface area contributed by atoms with E-state index >= 15 is 0 Å². The summed E-state index contributed by atoms with van der Waals surface area (Å²) in [4.78, 5) is 19.8. The number of carbonyl (C=O) groups is 1. The summed E-state index contributed by atoms with van der Waals surface area (Å²) in [6.07, 6.45) is 0. The molecule has 0 N–H and O–H groups in total. The topological polar surface area (TPSA) is 69.4 Å². The highest BCUT2D eigenvalue weighted by atomic mass is 19.2. The van der Waals surface area contributed by atoms with Crippen molar-refractivity contribution < 1.29 is 31.5 Å². The Hall–Kier alpha value is -3.11. The zero-order chi connectivity index (χ0) is 19.2. The van der Waals surface area contributed by atoms with Gasteiger partial charge in [-0.2, -0.15) is 4.98 Å². The number of aryl methyl sites for hydroxylation is 2. The van der Waals surface area contributed by atoms with Gasteiger partial charge in [-0.25, -0.2) is 36.2 Å². The lowest BCUT2D eigenvalue weighted by Crippen LogP contribution is -2.12. The molecule has 11 heteroatoms. The average Bonchev–Trinajstić information content (AvgIpc) is 3.02. The quantitative estimate of drug-likeness (QED) is 0.306. The van der Waals surface area contributed by atoms with E-state index in [1.165, 1.54) is 4.52 Å². The summed E-state index contributed by atoms with van der Waals surface area (Å²) in [5.74, 6) is -12.3. The van der Waals surface area contributed by atoms with Crippen LogP contribution in [0, 0.1) is 42.9 Å². The fourth-order valence-electron chi connectivity index (χ4n) is 2.23. The standard InChI is InChI=1S/C15H9F5N4O2/c1-5-3-6(2)24-15(21-5)22-13(23-24)14(25)26-4-7-8(16)10(18)12(20)11(19)9(7)17/h3H,4H2,1-2H3. The van der Waals surface area contributed by atoms with E-state index in [2.05, 4.69) is 19.8 Å². The molecule has 6 nitrogen and oxygen atoms in total. The molecular formula is C15H9F5N4O2. The minimum atomic E-state index is -2.30. The lowest BCUT2D eigenvalue weighted by molar-refractivity contribution is 0.0448. The van der Waals surface area contributed by atoms with E-state index in [4.69, 9.17) is 0 Å². The number of fused-ring (bicyclic) bond motifs is 1. The molecule has 3 rings (SSSR count). The van der Waals surface area contributed by atoms with Gasteiger partial charge in [0.15, 0.2) is 23.3 Å². The molecule has 0 fully saturated rings. The highest BCUT2D eigenvalue weighted by Crippen LogP contribution is 2.23. The van der Waals surface area contributed by atoms with Gasteiger partial charge < -0.3 is 4.74 Å². The largest absolute Gasteiger partial charge is 0.455 e. The third kappa shape index (κ3) is 2.85. The zero-order valence-corrected chi connectivity index (χ0v) is 13.3. The number of hydrogen-bond donors (Lipinski definition) is 0. The first-order valence-corrected chi connectivity index (χ1v) is 7.09. The van der Waals surface area contributed by atoms with Gasteiger partial charge in [-0.15, -0.1) is 5.10 Å². The minimum Gasteiger partial charge on any atom is -0.455 e. The number of halogens is 5. The molecule has 0 aliphatic heterocycles. The van der Waals surface area contributed by atoms with Gasteiger partial charge >= 0.3 is 5.97 Å². The molecule has 0 saturated carbocycles. The van der Waals surface area contributed by atoms with Crippen molar-refractivity contribution in [1.82, 2.24) is 19.6 Å². The van der Waals surface area contributed by atoms with Gasteiger partial charge in [0.25, 0.3) is 11.6 Å². The average molecular weight is 372 g/mol. The van der Waals surface area contributed by atoms with Gasteiger partial charge in [-0.05, 0) is 19.9 Å². The maximum absolute atomic E-state index is 13.6. The van der Waals surface area contributed by atoms with Gasteiger partial charge in [0.1, 0.15) is 6.61 Å². The molecule has 26 heavy (non-hydrogen) atoms. The van der Waals surface area contributed by atoms with Crippen molar-refractivity contribution in [3.63, 3.8) is 0 Å². The van der Waals surface area contributed by atoms with Gasteiger partial charge in [0.05, 0.1) is 5.56 Å². The number of carbonyl (C=O) groups excluding carboxylic acids is 1. The van der Waals surface area contributed by atoms with E-state index < -0.39 is 53.1 Å². The number of hydrogen-bond acceptors (Lipinski definition) is 5. The van der Waals surface area contributed by atoms with E-state index in [1.54, 1.807) is 19.9 Å². The fraction of sp³-hybridized carbons (Fsp3) is 0.200. The van der Waals surface area contributed by atoms with Crippen LogP contribution >= 0.6 is 0 Å². The molecule has 0 saturated heterocycles. The number of esters is 1. The summed E-state index contributed by atoms with van der Waals surface area (Å²) in [5, 5.41) is 3.83. The number of nitrogens with zero attached hydrogens (tertiary/aromatic N) is 4. The summed E-state index contributed by atoms with van der Waals surface area (Å²) >= 11 is 0. The predicted octanol–water partition coefficient (Wildman–Crippen LogP) is 2.79. The minimum absolute atomic E-state index is 0.0886. The van der Waals surface area contributed by atoms with Gasteiger partial charge in [0, 0.05) is 11.4 Å². The Kier molecular flexibility index (Phi) is 4.30. The van der Waals surface area contributed by atoms with Crippen molar-refractivity contribution in [1.29, 1.82) is 0 Å². The van der Waals surface area contributed by atoms with Gasteiger partial charge in [0.2, 0.25) is 5.82 Å². The molecule has 0 aliphatic rings. The van der Waals surface area contributed by atoms with Crippen LogP contribution in [-0.4, -0.2) is 25.6 Å². The molecule has 0 unspecified atom stereocenters. The number of rotatable bonds is 3. The second-order valence-electron chi connectivity index (χ2n) is 5.31. The van der Waals surface area contributed by atoms with Crippen LogP contribution in [-0.2, 0) is 11.3 Å². The maximum atomic E-state index is 13.6. The van der Waals surface area contributed by atoms with Crippen LogP contribution in [0.2, 0.25) is 0 Å². The lowest BCUT2D eigenvalue weighted by atomic mass is 10.2. The number of benzene rings is 1. The highest BCUT2D eigenvalue weighted by Gasteiger charge is 2.27. The molecule has 0 amide bonds. The fourth-order valence-corrected chi connectivity index (χ4v) is 2.23. The van der Waals surface area contributed by atoms with Crippen LogP contribution in [0.3, 0.4) is 0 Å². The molecule has 0 spiro atoms. The molecule has 0 atom stereocenters. The molecule has 0 radical (unpaired) electrons.